The zero-order chi connectivity index (χ0) is 16.1. The number of Topliss-reactive ketones (excluding diaryl/α,β-unsaturated/α-hetero) is 2. The number of hydrogen-bond acceptors (Lipinski definition) is 3. The van der Waals surface area contributed by atoms with Crippen LogP contribution in [-0.2, 0) is 14.3 Å². The van der Waals surface area contributed by atoms with Gasteiger partial charge in [0.15, 0.2) is 5.78 Å². The van der Waals surface area contributed by atoms with Crippen LogP contribution in [0.3, 0.4) is 0 Å². The minimum Gasteiger partial charge on any atom is -0.368 e. The topological polar surface area (TPSA) is 43.4 Å². The van der Waals surface area contributed by atoms with E-state index in [2.05, 4.69) is 13.8 Å². The average molecular weight is 284 g/mol. The Morgan fingerprint density at radius 3 is 1.80 bits per heavy atom. The second-order valence-corrected chi connectivity index (χ2v) is 8.03. The van der Waals surface area contributed by atoms with Crippen LogP contribution in [0.4, 0.5) is 0 Å². The van der Waals surface area contributed by atoms with E-state index in [1.165, 1.54) is 0 Å². The largest absolute Gasteiger partial charge is 0.368 e. The summed E-state index contributed by atoms with van der Waals surface area (Å²) >= 11 is 0. The molecule has 0 rings (SSSR count). The summed E-state index contributed by atoms with van der Waals surface area (Å²) in [6.07, 6.45) is 0.901. The number of carbonyl (C=O) groups excluding carboxylic acids is 2. The predicted molar refractivity (Wildman–Crippen MR) is 82.7 cm³/mol. The molecule has 0 heterocycles. The van der Waals surface area contributed by atoms with Gasteiger partial charge in [0.05, 0.1) is 5.60 Å². The number of ether oxygens (including phenoxy) is 1. The van der Waals surface area contributed by atoms with E-state index in [9.17, 15) is 9.59 Å². The predicted octanol–water partition coefficient (Wildman–Crippen LogP) is 4.04. The third-order valence-corrected chi connectivity index (χ3v) is 3.38. The van der Waals surface area contributed by atoms with Gasteiger partial charge in [0.1, 0.15) is 12.4 Å². The van der Waals surface area contributed by atoms with Gasteiger partial charge < -0.3 is 4.74 Å². The molecule has 0 unspecified atom stereocenters. The lowest BCUT2D eigenvalue weighted by Gasteiger charge is -2.25. The third-order valence-electron chi connectivity index (χ3n) is 3.38. The Morgan fingerprint density at radius 1 is 0.950 bits per heavy atom. The molecule has 0 N–H and O–H groups in total. The molecule has 118 valence electrons. The molecule has 20 heavy (non-hydrogen) atoms. The molecule has 0 aliphatic rings. The first-order valence-electron chi connectivity index (χ1n) is 7.52. The van der Waals surface area contributed by atoms with E-state index in [-0.39, 0.29) is 35.1 Å². The summed E-state index contributed by atoms with van der Waals surface area (Å²) in [7, 11) is 0. The van der Waals surface area contributed by atoms with Gasteiger partial charge in [-0.15, -0.1) is 0 Å². The summed E-state index contributed by atoms with van der Waals surface area (Å²) in [5.74, 6) is 0.735. The Labute approximate surface area is 124 Å². The minimum absolute atomic E-state index is 0.0836. The maximum absolute atomic E-state index is 12.1. The van der Waals surface area contributed by atoms with Gasteiger partial charge in [-0.1, -0.05) is 34.6 Å². The monoisotopic (exact) mass is 284 g/mol. The molecule has 0 aromatic carbocycles. The van der Waals surface area contributed by atoms with E-state index in [4.69, 9.17) is 4.74 Å². The summed E-state index contributed by atoms with van der Waals surface area (Å²) in [5.41, 5.74) is -0.637. The summed E-state index contributed by atoms with van der Waals surface area (Å²) in [6.45, 7) is 15.9. The molecule has 0 aliphatic carbocycles. The van der Waals surface area contributed by atoms with Crippen molar-refractivity contribution in [1.29, 1.82) is 0 Å². The zero-order valence-corrected chi connectivity index (χ0v) is 14.5. The molecule has 0 bridgehead atoms. The van der Waals surface area contributed by atoms with Crippen LogP contribution in [-0.4, -0.2) is 23.8 Å². The average Bonchev–Trinajstić information content (AvgIpc) is 2.22. The van der Waals surface area contributed by atoms with Gasteiger partial charge in [-0.05, 0) is 32.6 Å². The van der Waals surface area contributed by atoms with Crippen molar-refractivity contribution in [3.05, 3.63) is 0 Å². The molecule has 0 amide bonds. The van der Waals surface area contributed by atoms with E-state index >= 15 is 0 Å². The first-order chi connectivity index (χ1) is 8.83. The van der Waals surface area contributed by atoms with Crippen LogP contribution in [0.25, 0.3) is 0 Å². The van der Waals surface area contributed by atoms with E-state index in [0.717, 1.165) is 0 Å². The van der Waals surface area contributed by atoms with Crippen molar-refractivity contribution in [1.82, 2.24) is 0 Å². The maximum atomic E-state index is 12.1. The second kappa shape index (κ2) is 7.35. The highest BCUT2D eigenvalue weighted by atomic mass is 16.5. The molecule has 3 heteroatoms. The van der Waals surface area contributed by atoms with Crippen molar-refractivity contribution in [3.63, 3.8) is 0 Å². The van der Waals surface area contributed by atoms with Gasteiger partial charge in [0.25, 0.3) is 0 Å². The molecule has 3 nitrogen and oxygen atoms in total. The number of hydrogen-bond donors (Lipinski definition) is 0. The molecule has 0 saturated heterocycles. The highest BCUT2D eigenvalue weighted by Gasteiger charge is 2.27. The van der Waals surface area contributed by atoms with Crippen LogP contribution in [0.15, 0.2) is 0 Å². The minimum atomic E-state index is -0.335. The van der Waals surface area contributed by atoms with Gasteiger partial charge in [-0.3, -0.25) is 9.59 Å². The number of rotatable bonds is 7. The van der Waals surface area contributed by atoms with Gasteiger partial charge in [0, 0.05) is 18.3 Å². The lowest BCUT2D eigenvalue weighted by molar-refractivity contribution is -0.131. The fourth-order valence-corrected chi connectivity index (χ4v) is 1.74. The highest BCUT2D eigenvalue weighted by Crippen LogP contribution is 2.26. The zero-order valence-electron chi connectivity index (χ0n) is 14.5. The third kappa shape index (κ3) is 8.47. The van der Waals surface area contributed by atoms with Crippen LogP contribution in [0.2, 0.25) is 0 Å². The summed E-state index contributed by atoms with van der Waals surface area (Å²) < 4.78 is 5.51. The molecule has 0 saturated carbocycles. The smallest absolute Gasteiger partial charge is 0.158 e. The first kappa shape index (κ1) is 19.3. The lowest BCUT2D eigenvalue weighted by atomic mass is 9.79. The Bertz CT molecular complexity index is 329. The molecule has 0 spiro atoms. The SMILES string of the molecule is CC(C)[C@H](CC(=O)COC(C)(C)C)CC(=O)C(C)(C)C. The Morgan fingerprint density at radius 2 is 1.45 bits per heavy atom. The van der Waals surface area contributed by atoms with Gasteiger partial charge in [-0.25, -0.2) is 0 Å². The van der Waals surface area contributed by atoms with Crippen molar-refractivity contribution in [2.24, 2.45) is 17.3 Å². The van der Waals surface area contributed by atoms with Crippen LogP contribution in [0.1, 0.15) is 68.2 Å². The normalized spacial score (nSPS) is 14.4. The Balaban J connectivity index is 4.49. The molecule has 0 aromatic heterocycles. The Hall–Kier alpha value is -0.700. The molecule has 0 fully saturated rings. The van der Waals surface area contributed by atoms with E-state index in [0.29, 0.717) is 18.8 Å². The molecule has 1 atom stereocenters. The van der Waals surface area contributed by atoms with Crippen molar-refractivity contribution in [2.45, 2.75) is 73.8 Å². The van der Waals surface area contributed by atoms with Crippen molar-refractivity contribution >= 4 is 11.6 Å². The maximum Gasteiger partial charge on any atom is 0.158 e. The van der Waals surface area contributed by atoms with Crippen LogP contribution >= 0.6 is 0 Å². The molecule has 0 aromatic rings. The van der Waals surface area contributed by atoms with Crippen molar-refractivity contribution in [3.8, 4) is 0 Å². The highest BCUT2D eigenvalue weighted by molar-refractivity contribution is 5.85. The molecular formula is C17H32O3. The van der Waals surface area contributed by atoms with Crippen LogP contribution in [0, 0.1) is 17.3 Å². The van der Waals surface area contributed by atoms with E-state index < -0.39 is 0 Å². The molecule has 0 aliphatic heterocycles. The summed E-state index contributed by atoms with van der Waals surface area (Å²) in [4.78, 5) is 24.1. The molecule has 0 radical (unpaired) electrons. The van der Waals surface area contributed by atoms with Gasteiger partial charge >= 0.3 is 0 Å². The van der Waals surface area contributed by atoms with E-state index in [1.54, 1.807) is 0 Å². The van der Waals surface area contributed by atoms with Crippen LogP contribution in [0.5, 0.6) is 0 Å². The van der Waals surface area contributed by atoms with Crippen LogP contribution < -0.4 is 0 Å². The fourth-order valence-electron chi connectivity index (χ4n) is 1.74. The van der Waals surface area contributed by atoms with Crippen molar-refractivity contribution < 1.29 is 14.3 Å². The number of carbonyl (C=O) groups is 2. The standard InChI is InChI=1S/C17H32O3/c1-12(2)13(10-15(19)16(3,4)5)9-14(18)11-20-17(6,7)8/h12-13H,9-11H2,1-8H3/t13-/m1/s1. The summed E-state index contributed by atoms with van der Waals surface area (Å²) in [6, 6.07) is 0. The second-order valence-electron chi connectivity index (χ2n) is 8.03. The molecular weight excluding hydrogens is 252 g/mol. The Kier molecular flexibility index (Phi) is 7.09. The quantitative estimate of drug-likeness (QED) is 0.708. The van der Waals surface area contributed by atoms with Crippen molar-refractivity contribution in [2.75, 3.05) is 6.61 Å². The van der Waals surface area contributed by atoms with Gasteiger partial charge in [0.2, 0.25) is 0 Å². The lowest BCUT2D eigenvalue weighted by Crippen LogP contribution is -2.28. The first-order valence-corrected chi connectivity index (χ1v) is 7.52. The van der Waals surface area contributed by atoms with Gasteiger partial charge in [-0.2, -0.15) is 0 Å². The number of ketones is 2. The summed E-state index contributed by atoms with van der Waals surface area (Å²) in [5, 5.41) is 0. The fraction of sp³-hybridized carbons (Fsp3) is 0.882. The van der Waals surface area contributed by atoms with E-state index in [1.807, 2.05) is 41.5 Å².